The molecule has 2 aromatic rings. The van der Waals surface area contributed by atoms with Crippen LogP contribution in [0.4, 0.5) is 5.69 Å². The Morgan fingerprint density at radius 2 is 1.79 bits per heavy atom. The minimum absolute atomic E-state index is 0.0666. The zero-order valence-electron chi connectivity index (χ0n) is 16.5. The van der Waals surface area contributed by atoms with Crippen molar-refractivity contribution in [2.24, 2.45) is 0 Å². The summed E-state index contributed by atoms with van der Waals surface area (Å²) in [4.78, 5) is 2.48. The van der Waals surface area contributed by atoms with Crippen LogP contribution >= 0.6 is 0 Å². The van der Waals surface area contributed by atoms with E-state index in [1.165, 1.54) is 31.5 Å². The molecular formula is C21H30N2O4S. The molecule has 1 atom stereocenters. The molecule has 0 aliphatic carbocycles. The zero-order valence-corrected chi connectivity index (χ0v) is 17.4. The number of hydrogen-bond acceptors (Lipinski definition) is 5. The molecule has 3 N–H and O–H groups in total. The number of ether oxygens (including phenoxy) is 1. The summed E-state index contributed by atoms with van der Waals surface area (Å²) in [5.74, 6) is 0.911. The van der Waals surface area contributed by atoms with Crippen molar-refractivity contribution in [3.63, 3.8) is 0 Å². The summed E-state index contributed by atoms with van der Waals surface area (Å²) in [6.07, 6.45) is 3.79. The normalized spacial score (nSPS) is 17.0. The minimum atomic E-state index is -4.02. The van der Waals surface area contributed by atoms with Crippen LogP contribution in [-0.2, 0) is 10.1 Å². The molecule has 0 radical (unpaired) electrons. The lowest BCUT2D eigenvalue weighted by atomic mass is 10.2. The van der Waals surface area contributed by atoms with E-state index < -0.39 is 10.1 Å². The van der Waals surface area contributed by atoms with Crippen LogP contribution in [0.15, 0.2) is 53.4 Å². The molecular weight excluding hydrogens is 376 g/mol. The van der Waals surface area contributed by atoms with Crippen molar-refractivity contribution in [2.45, 2.75) is 44.0 Å². The van der Waals surface area contributed by atoms with Gasteiger partial charge in [0.15, 0.2) is 0 Å². The van der Waals surface area contributed by atoms with Gasteiger partial charge in [-0.2, -0.15) is 8.42 Å². The number of benzene rings is 2. The molecule has 1 aliphatic heterocycles. The lowest BCUT2D eigenvalue weighted by molar-refractivity contribution is 0.230. The number of rotatable bonds is 6. The molecule has 0 saturated carbocycles. The molecule has 1 fully saturated rings. The predicted molar refractivity (Wildman–Crippen MR) is 112 cm³/mol. The molecule has 28 heavy (non-hydrogen) atoms. The van der Waals surface area contributed by atoms with Crippen LogP contribution in [0.3, 0.4) is 0 Å². The standard InChI is InChI=1S/C14H22N2O.C7H8O3S/c1-12-4-2-9-16(12)10-3-11-17-14-7-5-13(15)6-8-14;1-6-2-4-7(5-3-6)11(8,9)10/h5-8,12H,2-4,9-11,15H2,1H3;2-5H,1H3,(H,8,9,10). The number of hydrogen-bond donors (Lipinski definition) is 2. The topological polar surface area (TPSA) is 92.9 Å². The molecule has 7 heteroatoms. The Balaban J connectivity index is 0.000000221. The van der Waals surface area contributed by atoms with E-state index in [-0.39, 0.29) is 4.90 Å². The number of likely N-dealkylation sites (tertiary alicyclic amines) is 1. The first-order chi connectivity index (χ1) is 13.3. The van der Waals surface area contributed by atoms with E-state index in [2.05, 4.69) is 11.8 Å². The van der Waals surface area contributed by atoms with Crippen LogP contribution in [0.5, 0.6) is 5.75 Å². The van der Waals surface area contributed by atoms with Crippen molar-refractivity contribution in [2.75, 3.05) is 25.4 Å². The highest BCUT2D eigenvalue weighted by Gasteiger charge is 2.18. The van der Waals surface area contributed by atoms with Crippen LogP contribution < -0.4 is 10.5 Å². The smallest absolute Gasteiger partial charge is 0.294 e. The van der Waals surface area contributed by atoms with Gasteiger partial charge in [0.25, 0.3) is 10.1 Å². The van der Waals surface area contributed by atoms with E-state index in [1.54, 1.807) is 12.1 Å². The van der Waals surface area contributed by atoms with E-state index in [1.807, 2.05) is 31.2 Å². The molecule has 0 aromatic heterocycles. The lowest BCUT2D eigenvalue weighted by Gasteiger charge is -2.20. The quantitative estimate of drug-likeness (QED) is 0.431. The van der Waals surface area contributed by atoms with E-state index in [0.29, 0.717) is 0 Å². The molecule has 1 saturated heterocycles. The monoisotopic (exact) mass is 406 g/mol. The molecule has 1 aliphatic rings. The molecule has 0 amide bonds. The summed E-state index contributed by atoms with van der Waals surface area (Å²) in [5, 5.41) is 0. The Morgan fingerprint density at radius 3 is 2.32 bits per heavy atom. The van der Waals surface area contributed by atoms with Crippen LogP contribution in [0.2, 0.25) is 0 Å². The predicted octanol–water partition coefficient (Wildman–Crippen LogP) is 3.76. The largest absolute Gasteiger partial charge is 0.494 e. The average Bonchev–Trinajstić information content (AvgIpc) is 3.05. The number of nitrogens with two attached hydrogens (primary N) is 1. The van der Waals surface area contributed by atoms with Gasteiger partial charge in [0.2, 0.25) is 0 Å². The Morgan fingerprint density at radius 1 is 1.14 bits per heavy atom. The second-order valence-corrected chi connectivity index (χ2v) is 8.51. The van der Waals surface area contributed by atoms with Gasteiger partial charge < -0.3 is 15.4 Å². The molecule has 6 nitrogen and oxygen atoms in total. The third-order valence-corrected chi connectivity index (χ3v) is 5.62. The van der Waals surface area contributed by atoms with E-state index in [0.717, 1.165) is 42.6 Å². The first-order valence-electron chi connectivity index (χ1n) is 9.52. The van der Waals surface area contributed by atoms with Gasteiger partial charge in [-0.3, -0.25) is 4.55 Å². The number of aryl methyl sites for hydroxylation is 1. The lowest BCUT2D eigenvalue weighted by Crippen LogP contribution is -2.28. The summed E-state index contributed by atoms with van der Waals surface area (Å²) in [7, 11) is -4.02. The maximum Gasteiger partial charge on any atom is 0.294 e. The molecule has 0 spiro atoms. The summed E-state index contributed by atoms with van der Waals surface area (Å²) in [5.41, 5.74) is 7.35. The highest BCUT2D eigenvalue weighted by atomic mass is 32.2. The Bertz CT molecular complexity index is 820. The molecule has 154 valence electrons. The van der Waals surface area contributed by atoms with Gasteiger partial charge in [-0.15, -0.1) is 0 Å². The Hall–Kier alpha value is -2.09. The van der Waals surface area contributed by atoms with E-state index >= 15 is 0 Å². The van der Waals surface area contributed by atoms with E-state index in [9.17, 15) is 8.42 Å². The van der Waals surface area contributed by atoms with Crippen LogP contribution in [0.25, 0.3) is 0 Å². The van der Waals surface area contributed by atoms with Crippen molar-refractivity contribution in [1.29, 1.82) is 0 Å². The molecule has 1 unspecified atom stereocenters. The van der Waals surface area contributed by atoms with Gasteiger partial charge in [-0.25, -0.2) is 0 Å². The third-order valence-electron chi connectivity index (χ3n) is 4.75. The first kappa shape index (κ1) is 22.2. The van der Waals surface area contributed by atoms with Crippen LogP contribution in [0.1, 0.15) is 31.7 Å². The fraction of sp³-hybridized carbons (Fsp3) is 0.429. The Kier molecular flexibility index (Phi) is 8.29. The summed E-state index contributed by atoms with van der Waals surface area (Å²) in [6.45, 7) is 7.34. The van der Waals surface area contributed by atoms with Crippen molar-refractivity contribution in [3.8, 4) is 5.75 Å². The number of anilines is 1. The summed E-state index contributed by atoms with van der Waals surface area (Å²) >= 11 is 0. The van der Waals surface area contributed by atoms with Gasteiger partial charge in [-0.1, -0.05) is 17.7 Å². The second-order valence-electron chi connectivity index (χ2n) is 7.09. The SMILES string of the molecule is CC1CCCN1CCCOc1ccc(N)cc1.Cc1ccc(S(=O)(=O)O)cc1. The van der Waals surface area contributed by atoms with Crippen molar-refractivity contribution >= 4 is 15.8 Å². The van der Waals surface area contributed by atoms with Crippen molar-refractivity contribution < 1.29 is 17.7 Å². The molecule has 1 heterocycles. The summed E-state index contributed by atoms with van der Waals surface area (Å²) < 4.78 is 35.2. The van der Waals surface area contributed by atoms with Crippen molar-refractivity contribution in [1.82, 2.24) is 4.90 Å². The fourth-order valence-corrected chi connectivity index (χ4v) is 3.54. The summed E-state index contributed by atoms with van der Waals surface area (Å²) in [6, 6.07) is 14.3. The first-order valence-corrected chi connectivity index (χ1v) is 11.0. The van der Waals surface area contributed by atoms with Gasteiger partial charge in [0.05, 0.1) is 11.5 Å². The molecule has 3 rings (SSSR count). The fourth-order valence-electron chi connectivity index (χ4n) is 3.06. The maximum absolute atomic E-state index is 10.5. The number of nitrogens with zero attached hydrogens (tertiary/aromatic N) is 1. The van der Waals surface area contributed by atoms with Gasteiger partial charge >= 0.3 is 0 Å². The second kappa shape index (κ2) is 10.5. The van der Waals surface area contributed by atoms with Crippen LogP contribution in [-0.4, -0.2) is 43.6 Å². The molecule has 0 bridgehead atoms. The van der Waals surface area contributed by atoms with Gasteiger partial charge in [0, 0.05) is 18.3 Å². The van der Waals surface area contributed by atoms with Gasteiger partial charge in [-0.05, 0) is 76.1 Å². The van der Waals surface area contributed by atoms with Gasteiger partial charge in [0.1, 0.15) is 5.75 Å². The third kappa shape index (κ3) is 7.50. The van der Waals surface area contributed by atoms with E-state index in [4.69, 9.17) is 15.0 Å². The average molecular weight is 407 g/mol. The van der Waals surface area contributed by atoms with Crippen LogP contribution in [0, 0.1) is 6.92 Å². The maximum atomic E-state index is 10.5. The van der Waals surface area contributed by atoms with Crippen molar-refractivity contribution in [3.05, 3.63) is 54.1 Å². The molecule has 2 aromatic carbocycles. The highest BCUT2D eigenvalue weighted by molar-refractivity contribution is 7.85. The highest BCUT2D eigenvalue weighted by Crippen LogP contribution is 2.17. The Labute approximate surface area is 168 Å². The number of nitrogen functional groups attached to an aromatic ring is 1. The zero-order chi connectivity index (χ0) is 20.6. The minimum Gasteiger partial charge on any atom is -0.494 e.